The van der Waals surface area contributed by atoms with Gasteiger partial charge in [-0.15, -0.1) is 23.5 Å². The van der Waals surface area contributed by atoms with Crippen molar-refractivity contribution in [3.63, 3.8) is 0 Å². The molecule has 2 rings (SSSR count). The maximum Gasteiger partial charge on any atom is 0.411 e. The molecule has 32 heavy (non-hydrogen) atoms. The molecule has 186 valence electrons. The lowest BCUT2D eigenvalue weighted by Gasteiger charge is -2.41. The van der Waals surface area contributed by atoms with Gasteiger partial charge in [0.1, 0.15) is 11.2 Å². The number of thioether (sulfide) groups is 2. The van der Waals surface area contributed by atoms with Crippen molar-refractivity contribution >= 4 is 57.3 Å². The second kappa shape index (κ2) is 10.3. The summed E-state index contributed by atoms with van der Waals surface area (Å²) in [6.45, 7) is 21.6. The van der Waals surface area contributed by atoms with Gasteiger partial charge in [0.2, 0.25) is 0 Å². The number of carbonyl (C=O) groups is 2. The molecule has 2 saturated heterocycles. The van der Waals surface area contributed by atoms with E-state index in [0.29, 0.717) is 13.1 Å². The van der Waals surface area contributed by atoms with Gasteiger partial charge in [-0.1, -0.05) is 21.6 Å². The summed E-state index contributed by atoms with van der Waals surface area (Å²) in [7, 11) is 3.58. The zero-order chi connectivity index (χ0) is 24.5. The van der Waals surface area contributed by atoms with E-state index >= 15 is 0 Å². The van der Waals surface area contributed by atoms with Crippen molar-refractivity contribution in [2.45, 2.75) is 101 Å². The predicted octanol–water partition coefficient (Wildman–Crippen LogP) is 6.55. The molecule has 2 aliphatic rings. The number of hydrogen-bond acceptors (Lipinski definition) is 8. The van der Waals surface area contributed by atoms with E-state index in [9.17, 15) is 9.59 Å². The van der Waals surface area contributed by atoms with Gasteiger partial charge in [-0.2, -0.15) is 0 Å². The lowest BCUT2D eigenvalue weighted by atomic mass is 10.2. The van der Waals surface area contributed by atoms with Gasteiger partial charge in [-0.25, -0.2) is 9.59 Å². The van der Waals surface area contributed by atoms with Crippen LogP contribution < -0.4 is 0 Å². The van der Waals surface area contributed by atoms with E-state index < -0.39 is 11.2 Å². The van der Waals surface area contributed by atoms with Crippen molar-refractivity contribution < 1.29 is 19.1 Å². The first-order valence-corrected chi connectivity index (χ1v) is 15.3. The lowest BCUT2D eigenvalue weighted by Crippen LogP contribution is -2.48. The third kappa shape index (κ3) is 7.73. The molecule has 2 amide bonds. The summed E-state index contributed by atoms with van der Waals surface area (Å²) in [5.41, 5.74) is -1.01. The summed E-state index contributed by atoms with van der Waals surface area (Å²) in [4.78, 5) is 29.3. The molecule has 2 unspecified atom stereocenters. The van der Waals surface area contributed by atoms with Crippen LogP contribution in [0.2, 0.25) is 0 Å². The van der Waals surface area contributed by atoms with Gasteiger partial charge in [0.25, 0.3) is 0 Å². The molecule has 0 N–H and O–H groups in total. The zero-order valence-electron chi connectivity index (χ0n) is 21.1. The Balaban J connectivity index is 2.05. The summed E-state index contributed by atoms with van der Waals surface area (Å²) in [5, 5.41) is 0.0627. The molecule has 0 bridgehead atoms. The highest BCUT2D eigenvalue weighted by atomic mass is 33.1. The van der Waals surface area contributed by atoms with E-state index in [1.54, 1.807) is 21.6 Å². The first-order valence-electron chi connectivity index (χ1n) is 11.0. The van der Waals surface area contributed by atoms with Gasteiger partial charge in [-0.05, 0) is 69.2 Å². The van der Waals surface area contributed by atoms with E-state index in [-0.39, 0.29) is 32.4 Å². The van der Waals surface area contributed by atoms with Gasteiger partial charge in [0.15, 0.2) is 0 Å². The molecule has 0 aliphatic carbocycles. The van der Waals surface area contributed by atoms with Crippen LogP contribution in [0.3, 0.4) is 0 Å². The number of ether oxygens (including phenoxy) is 2. The van der Waals surface area contributed by atoms with Crippen molar-refractivity contribution in [3.05, 3.63) is 0 Å². The predicted molar refractivity (Wildman–Crippen MR) is 142 cm³/mol. The Morgan fingerprint density at radius 1 is 0.688 bits per heavy atom. The molecule has 6 nitrogen and oxygen atoms in total. The second-order valence-corrected chi connectivity index (χ2v) is 17.0. The minimum atomic E-state index is -0.506. The maximum absolute atomic E-state index is 12.8. The largest absolute Gasteiger partial charge is 0.444 e. The second-order valence-electron chi connectivity index (χ2n) is 11.2. The van der Waals surface area contributed by atoms with Gasteiger partial charge in [-0.3, -0.25) is 9.80 Å². The van der Waals surface area contributed by atoms with Crippen LogP contribution in [0.15, 0.2) is 0 Å². The molecule has 2 fully saturated rings. The zero-order valence-corrected chi connectivity index (χ0v) is 24.4. The summed E-state index contributed by atoms with van der Waals surface area (Å²) in [6.07, 6.45) is -0.485. The minimum absolute atomic E-state index is 0.0313. The Bertz CT molecular complexity index is 630. The Labute approximate surface area is 210 Å². The van der Waals surface area contributed by atoms with Crippen LogP contribution in [0.5, 0.6) is 0 Å². The standard InChI is InChI=1S/C22H40N2O4S4/c1-19(2,3)27-17(25)23-11-13-29-15(23)21(7,8)31-32-22(9,10)16-24(12-14-30-16)18(26)28-20(4,5)6/h15-16H,11-14H2,1-10H3. The van der Waals surface area contributed by atoms with Crippen molar-refractivity contribution in [3.8, 4) is 0 Å². The van der Waals surface area contributed by atoms with E-state index in [2.05, 4.69) is 27.7 Å². The minimum Gasteiger partial charge on any atom is -0.444 e. The highest BCUT2D eigenvalue weighted by Gasteiger charge is 2.47. The van der Waals surface area contributed by atoms with Crippen molar-refractivity contribution in [2.75, 3.05) is 24.6 Å². The number of hydrogen-bond donors (Lipinski definition) is 0. The van der Waals surface area contributed by atoms with Crippen LogP contribution in [0.1, 0.15) is 69.2 Å². The molecule has 0 spiro atoms. The van der Waals surface area contributed by atoms with Gasteiger partial charge in [0, 0.05) is 24.6 Å². The van der Waals surface area contributed by atoms with Crippen molar-refractivity contribution in [1.29, 1.82) is 0 Å². The van der Waals surface area contributed by atoms with Crippen LogP contribution >= 0.6 is 45.1 Å². The Hall–Kier alpha value is -0.0600. The van der Waals surface area contributed by atoms with Crippen LogP contribution in [0.25, 0.3) is 0 Å². The fraction of sp³-hybridized carbons (Fsp3) is 0.909. The Morgan fingerprint density at radius 3 is 1.28 bits per heavy atom. The molecule has 0 radical (unpaired) electrons. The molecule has 0 saturated carbocycles. The molecule has 2 heterocycles. The lowest BCUT2D eigenvalue weighted by molar-refractivity contribution is 0.0228. The average molecular weight is 525 g/mol. The maximum atomic E-state index is 12.8. The van der Waals surface area contributed by atoms with E-state index in [1.165, 1.54) is 0 Å². The summed E-state index contributed by atoms with van der Waals surface area (Å²) >= 11 is 3.62. The Kier molecular flexibility index (Phi) is 9.05. The molecule has 0 aromatic carbocycles. The SMILES string of the molecule is CC(C)(C)OC(=O)N1CCSC1C(C)(C)SSC(C)(C)C1SCCN1C(=O)OC(C)(C)C. The van der Waals surface area contributed by atoms with Crippen LogP contribution in [0, 0.1) is 0 Å². The van der Waals surface area contributed by atoms with Gasteiger partial charge < -0.3 is 9.47 Å². The fourth-order valence-electron chi connectivity index (χ4n) is 3.40. The molecule has 0 aromatic heterocycles. The normalized spacial score (nSPS) is 22.9. The van der Waals surface area contributed by atoms with Gasteiger partial charge in [0.05, 0.1) is 20.2 Å². The van der Waals surface area contributed by atoms with Crippen molar-refractivity contribution in [2.24, 2.45) is 0 Å². The molecule has 2 atom stereocenters. The van der Waals surface area contributed by atoms with E-state index in [4.69, 9.17) is 9.47 Å². The third-order valence-electron chi connectivity index (χ3n) is 4.70. The van der Waals surface area contributed by atoms with E-state index in [1.807, 2.05) is 74.9 Å². The number of amides is 2. The van der Waals surface area contributed by atoms with Crippen molar-refractivity contribution in [1.82, 2.24) is 9.80 Å². The highest BCUT2D eigenvalue weighted by molar-refractivity contribution is 8.77. The van der Waals surface area contributed by atoms with E-state index in [0.717, 1.165) is 11.5 Å². The quantitative estimate of drug-likeness (QED) is 0.376. The Morgan fingerprint density at radius 2 is 1.00 bits per heavy atom. The number of carbonyl (C=O) groups excluding carboxylic acids is 2. The smallest absolute Gasteiger partial charge is 0.411 e. The third-order valence-corrected chi connectivity index (χ3v) is 12.4. The molecular formula is C22H40N2O4S4. The fourth-order valence-corrected chi connectivity index (χ4v) is 9.75. The van der Waals surface area contributed by atoms with Crippen LogP contribution in [0.4, 0.5) is 9.59 Å². The van der Waals surface area contributed by atoms with Crippen LogP contribution in [-0.2, 0) is 9.47 Å². The highest BCUT2D eigenvalue weighted by Crippen LogP contribution is 2.53. The molecular weight excluding hydrogens is 485 g/mol. The topological polar surface area (TPSA) is 59.1 Å². The van der Waals surface area contributed by atoms with Crippen LogP contribution in [-0.4, -0.2) is 78.0 Å². The van der Waals surface area contributed by atoms with Gasteiger partial charge >= 0.3 is 12.2 Å². The number of rotatable bonds is 5. The number of nitrogens with zero attached hydrogens (tertiary/aromatic N) is 2. The molecule has 2 aliphatic heterocycles. The first kappa shape index (κ1) is 28.2. The monoisotopic (exact) mass is 524 g/mol. The summed E-state index contributed by atoms with van der Waals surface area (Å²) in [5.74, 6) is 1.82. The first-order chi connectivity index (χ1) is 14.4. The summed E-state index contributed by atoms with van der Waals surface area (Å²) in [6, 6.07) is 0. The molecule has 10 heteroatoms. The summed E-state index contributed by atoms with van der Waals surface area (Å²) < 4.78 is 10.9. The average Bonchev–Trinajstić information content (AvgIpc) is 3.27. The molecule has 0 aromatic rings.